The summed E-state index contributed by atoms with van der Waals surface area (Å²) in [5, 5.41) is 9.59. The smallest absolute Gasteiger partial charge is 0.141 e. The minimum absolute atomic E-state index is 0.0901. The van der Waals surface area contributed by atoms with Crippen LogP contribution >= 0.6 is 15.9 Å². The highest BCUT2D eigenvalue weighted by Gasteiger charge is 2.14. The van der Waals surface area contributed by atoms with E-state index < -0.39 is 6.10 Å². The van der Waals surface area contributed by atoms with Crippen LogP contribution in [0.25, 0.3) is 0 Å². The molecule has 0 heterocycles. The zero-order valence-corrected chi connectivity index (χ0v) is 14.4. The quantitative estimate of drug-likeness (QED) is 0.782. The van der Waals surface area contributed by atoms with E-state index in [2.05, 4.69) is 48.8 Å². The van der Waals surface area contributed by atoms with E-state index in [1.54, 1.807) is 6.92 Å². The highest BCUT2D eigenvalue weighted by molar-refractivity contribution is 9.10. The van der Waals surface area contributed by atoms with Crippen LogP contribution in [0.2, 0.25) is 0 Å². The summed E-state index contributed by atoms with van der Waals surface area (Å²) in [5.41, 5.74) is 2.18. The first-order chi connectivity index (χ1) is 9.77. The number of hydrogen-bond acceptors (Lipinski definition) is 2. The van der Waals surface area contributed by atoms with Crippen LogP contribution < -0.4 is 4.74 Å². The lowest BCUT2D eigenvalue weighted by Gasteiger charge is -2.20. The first-order valence-corrected chi connectivity index (χ1v) is 7.82. The summed E-state index contributed by atoms with van der Waals surface area (Å²) in [7, 11) is 0. The molecule has 0 saturated carbocycles. The molecule has 2 rings (SSSR count). The van der Waals surface area contributed by atoms with Crippen molar-refractivity contribution >= 4 is 15.9 Å². The van der Waals surface area contributed by atoms with E-state index in [1.165, 1.54) is 5.56 Å². The van der Waals surface area contributed by atoms with Gasteiger partial charge in [-0.25, -0.2) is 0 Å². The largest absolute Gasteiger partial charge is 0.456 e. The predicted molar refractivity (Wildman–Crippen MR) is 90.0 cm³/mol. The Morgan fingerprint density at radius 2 is 1.81 bits per heavy atom. The fourth-order valence-corrected chi connectivity index (χ4v) is 2.49. The van der Waals surface area contributed by atoms with Gasteiger partial charge in [-0.3, -0.25) is 0 Å². The third kappa shape index (κ3) is 4.08. The Balaban J connectivity index is 2.26. The van der Waals surface area contributed by atoms with Crippen molar-refractivity contribution in [2.24, 2.45) is 0 Å². The summed E-state index contributed by atoms with van der Waals surface area (Å²) in [6.07, 6.45) is -0.487. The second kappa shape index (κ2) is 6.20. The van der Waals surface area contributed by atoms with Gasteiger partial charge in [0.1, 0.15) is 11.5 Å². The lowest BCUT2D eigenvalue weighted by atomic mass is 9.87. The summed E-state index contributed by atoms with van der Waals surface area (Å²) in [5.74, 6) is 1.55. The van der Waals surface area contributed by atoms with Crippen molar-refractivity contribution in [1.82, 2.24) is 0 Å². The number of aliphatic hydroxyl groups excluding tert-OH is 1. The van der Waals surface area contributed by atoms with Gasteiger partial charge in [-0.1, -0.05) is 39.0 Å². The van der Waals surface area contributed by atoms with Crippen molar-refractivity contribution in [1.29, 1.82) is 0 Å². The van der Waals surface area contributed by atoms with Gasteiger partial charge in [0.2, 0.25) is 0 Å². The lowest BCUT2D eigenvalue weighted by Crippen LogP contribution is -2.10. The highest BCUT2D eigenvalue weighted by Crippen LogP contribution is 2.33. The Kier molecular flexibility index (Phi) is 4.74. The van der Waals surface area contributed by atoms with Crippen molar-refractivity contribution in [3.8, 4) is 11.5 Å². The van der Waals surface area contributed by atoms with Crippen molar-refractivity contribution in [3.63, 3.8) is 0 Å². The SMILES string of the molecule is C[C@@H](O)c1ccc(Oc2cccc(C(C)(C)C)c2)c(Br)c1. The molecule has 0 unspecified atom stereocenters. The average molecular weight is 349 g/mol. The van der Waals surface area contributed by atoms with E-state index in [1.807, 2.05) is 30.3 Å². The molecule has 0 aromatic heterocycles. The normalized spacial score (nSPS) is 13.0. The third-order valence-corrected chi connectivity index (χ3v) is 3.99. The second-order valence-corrected chi connectivity index (χ2v) is 7.10. The minimum atomic E-state index is -0.487. The Bertz CT molecular complexity index is 627. The van der Waals surface area contributed by atoms with Crippen LogP contribution in [0.4, 0.5) is 0 Å². The van der Waals surface area contributed by atoms with E-state index in [0.29, 0.717) is 0 Å². The number of ether oxygens (including phenoxy) is 1. The van der Waals surface area contributed by atoms with Crippen LogP contribution in [0.15, 0.2) is 46.9 Å². The molecule has 1 atom stereocenters. The molecule has 0 fully saturated rings. The maximum Gasteiger partial charge on any atom is 0.141 e. The molecule has 0 spiro atoms. The van der Waals surface area contributed by atoms with Gasteiger partial charge in [0.15, 0.2) is 0 Å². The van der Waals surface area contributed by atoms with Gasteiger partial charge >= 0.3 is 0 Å². The Morgan fingerprint density at radius 3 is 2.38 bits per heavy atom. The minimum Gasteiger partial charge on any atom is -0.456 e. The molecule has 0 radical (unpaired) electrons. The Labute approximate surface area is 134 Å². The average Bonchev–Trinajstić information content (AvgIpc) is 2.40. The number of hydrogen-bond donors (Lipinski definition) is 1. The molecule has 21 heavy (non-hydrogen) atoms. The summed E-state index contributed by atoms with van der Waals surface area (Å²) >= 11 is 3.49. The Morgan fingerprint density at radius 1 is 1.10 bits per heavy atom. The van der Waals surface area contributed by atoms with Gasteiger partial charge in [0.25, 0.3) is 0 Å². The lowest BCUT2D eigenvalue weighted by molar-refractivity contribution is 0.199. The van der Waals surface area contributed by atoms with Crippen molar-refractivity contribution < 1.29 is 9.84 Å². The van der Waals surface area contributed by atoms with Crippen LogP contribution in [0, 0.1) is 0 Å². The van der Waals surface area contributed by atoms with E-state index >= 15 is 0 Å². The van der Waals surface area contributed by atoms with Gasteiger partial charge < -0.3 is 9.84 Å². The highest BCUT2D eigenvalue weighted by atomic mass is 79.9. The summed E-state index contributed by atoms with van der Waals surface area (Å²) < 4.78 is 6.79. The van der Waals surface area contributed by atoms with Crippen molar-refractivity contribution in [3.05, 3.63) is 58.1 Å². The molecule has 2 aromatic rings. The monoisotopic (exact) mass is 348 g/mol. The van der Waals surface area contributed by atoms with Crippen molar-refractivity contribution in [2.45, 2.75) is 39.2 Å². The van der Waals surface area contributed by atoms with Crippen LogP contribution in [0.3, 0.4) is 0 Å². The molecular formula is C18H21BrO2. The van der Waals surface area contributed by atoms with Crippen LogP contribution in [-0.2, 0) is 5.41 Å². The summed E-state index contributed by atoms with van der Waals surface area (Å²) in [6.45, 7) is 8.29. The van der Waals surface area contributed by atoms with Gasteiger partial charge in [-0.2, -0.15) is 0 Å². The zero-order valence-electron chi connectivity index (χ0n) is 12.9. The van der Waals surface area contributed by atoms with Crippen molar-refractivity contribution in [2.75, 3.05) is 0 Å². The number of halogens is 1. The first-order valence-electron chi connectivity index (χ1n) is 7.03. The Hall–Kier alpha value is -1.32. The summed E-state index contributed by atoms with van der Waals surface area (Å²) in [4.78, 5) is 0. The van der Waals surface area contributed by atoms with Gasteiger partial charge in [-0.05, 0) is 63.7 Å². The molecule has 2 aromatic carbocycles. The van der Waals surface area contributed by atoms with Crippen LogP contribution in [0.5, 0.6) is 11.5 Å². The topological polar surface area (TPSA) is 29.5 Å². The number of aliphatic hydroxyl groups is 1. The number of benzene rings is 2. The zero-order chi connectivity index (χ0) is 15.6. The first kappa shape index (κ1) is 16.1. The summed E-state index contributed by atoms with van der Waals surface area (Å²) in [6, 6.07) is 13.8. The predicted octanol–water partition coefficient (Wildman–Crippen LogP) is 5.59. The fraction of sp³-hybridized carbons (Fsp3) is 0.333. The van der Waals surface area contributed by atoms with E-state index in [-0.39, 0.29) is 5.41 Å². The molecule has 0 saturated heterocycles. The van der Waals surface area contributed by atoms with Crippen LogP contribution in [0.1, 0.15) is 44.9 Å². The molecular weight excluding hydrogens is 328 g/mol. The van der Waals surface area contributed by atoms with E-state index in [9.17, 15) is 5.11 Å². The van der Waals surface area contributed by atoms with Gasteiger partial charge in [0.05, 0.1) is 10.6 Å². The maximum atomic E-state index is 9.59. The number of rotatable bonds is 3. The molecule has 1 N–H and O–H groups in total. The van der Waals surface area contributed by atoms with E-state index in [4.69, 9.17) is 4.74 Å². The molecule has 0 bridgehead atoms. The van der Waals surface area contributed by atoms with E-state index in [0.717, 1.165) is 21.5 Å². The molecule has 0 amide bonds. The fourth-order valence-electron chi connectivity index (χ4n) is 2.01. The molecule has 0 aliphatic heterocycles. The molecule has 0 aliphatic rings. The third-order valence-electron chi connectivity index (χ3n) is 3.37. The second-order valence-electron chi connectivity index (χ2n) is 6.25. The standard InChI is InChI=1S/C18H21BrO2/c1-12(20)13-8-9-17(16(19)10-13)21-15-7-5-6-14(11-15)18(2,3)4/h5-12,20H,1-4H3/t12-/m1/s1. The van der Waals surface area contributed by atoms with Crippen LogP contribution in [-0.4, -0.2) is 5.11 Å². The molecule has 0 aliphatic carbocycles. The van der Waals surface area contributed by atoms with Gasteiger partial charge in [0, 0.05) is 0 Å². The molecule has 3 heteroatoms. The molecule has 112 valence electrons. The van der Waals surface area contributed by atoms with Gasteiger partial charge in [-0.15, -0.1) is 0 Å². The maximum absolute atomic E-state index is 9.59. The molecule has 2 nitrogen and oxygen atoms in total.